The van der Waals surface area contributed by atoms with Crippen molar-refractivity contribution < 1.29 is 17.6 Å². The lowest BCUT2D eigenvalue weighted by Crippen LogP contribution is -2.44. The second-order valence-corrected chi connectivity index (χ2v) is 9.71. The van der Waals surface area contributed by atoms with Crippen molar-refractivity contribution in [1.82, 2.24) is 14.5 Å². The summed E-state index contributed by atoms with van der Waals surface area (Å²) in [6.45, 7) is 0.991. The third-order valence-electron chi connectivity index (χ3n) is 5.53. The van der Waals surface area contributed by atoms with Crippen LogP contribution in [0.1, 0.15) is 24.4 Å². The molecule has 1 atom stereocenters. The van der Waals surface area contributed by atoms with Crippen molar-refractivity contribution in [2.45, 2.75) is 23.8 Å². The molecule has 0 radical (unpaired) electrons. The van der Waals surface area contributed by atoms with Gasteiger partial charge in [0.25, 0.3) is 0 Å². The molecule has 0 bridgehead atoms. The average molecular weight is 434 g/mol. The van der Waals surface area contributed by atoms with E-state index in [-0.39, 0.29) is 28.6 Å². The van der Waals surface area contributed by atoms with Crippen LogP contribution in [-0.2, 0) is 14.8 Å². The van der Waals surface area contributed by atoms with Gasteiger partial charge in [0.15, 0.2) is 0 Å². The molecule has 1 unspecified atom stereocenters. The molecule has 1 heterocycles. The molecule has 2 aromatic carbocycles. The van der Waals surface area contributed by atoms with E-state index in [1.54, 1.807) is 36.4 Å². The zero-order valence-electron chi connectivity index (χ0n) is 17.3. The number of hydrogen-bond acceptors (Lipinski definition) is 4. The van der Waals surface area contributed by atoms with E-state index in [2.05, 4.69) is 5.32 Å². The molecule has 0 spiro atoms. The quantitative estimate of drug-likeness (QED) is 0.729. The van der Waals surface area contributed by atoms with Crippen molar-refractivity contribution >= 4 is 15.9 Å². The number of nitrogens with zero attached hydrogens (tertiary/aromatic N) is 2. The van der Waals surface area contributed by atoms with E-state index in [9.17, 15) is 17.6 Å². The van der Waals surface area contributed by atoms with Gasteiger partial charge in [-0.1, -0.05) is 30.3 Å². The monoisotopic (exact) mass is 433 g/mol. The van der Waals surface area contributed by atoms with Crippen LogP contribution in [0.4, 0.5) is 4.39 Å². The summed E-state index contributed by atoms with van der Waals surface area (Å²) in [5.41, 5.74) is 0.795. The highest BCUT2D eigenvalue weighted by Crippen LogP contribution is 2.24. The predicted molar refractivity (Wildman–Crippen MR) is 114 cm³/mol. The van der Waals surface area contributed by atoms with Crippen molar-refractivity contribution in [3.63, 3.8) is 0 Å². The average Bonchev–Trinajstić information content (AvgIpc) is 2.74. The number of carbonyl (C=O) groups is 1. The summed E-state index contributed by atoms with van der Waals surface area (Å²) in [4.78, 5) is 14.9. The standard InChI is InChI=1S/C22H28FN3O3S/c1-25(2)21(18-7-6-8-19(23)15-18)16-24-22(27)17-11-13-26(14-12-17)30(28,29)20-9-4-3-5-10-20/h3-10,15,17,21H,11-14,16H2,1-2H3,(H,24,27). The Morgan fingerprint density at radius 2 is 1.80 bits per heavy atom. The second kappa shape index (κ2) is 9.68. The Morgan fingerprint density at radius 3 is 2.40 bits per heavy atom. The van der Waals surface area contributed by atoms with Gasteiger partial charge in [-0.2, -0.15) is 4.31 Å². The highest BCUT2D eigenvalue weighted by atomic mass is 32.2. The molecule has 1 aliphatic heterocycles. The lowest BCUT2D eigenvalue weighted by Gasteiger charge is -2.31. The summed E-state index contributed by atoms with van der Waals surface area (Å²) in [6.07, 6.45) is 0.953. The fourth-order valence-corrected chi connectivity index (χ4v) is 5.24. The molecule has 1 amide bonds. The minimum atomic E-state index is -3.53. The SMILES string of the molecule is CN(C)C(CNC(=O)C1CCN(S(=O)(=O)c2ccccc2)CC1)c1cccc(F)c1. The van der Waals surface area contributed by atoms with E-state index >= 15 is 0 Å². The molecule has 8 heteroatoms. The molecule has 6 nitrogen and oxygen atoms in total. The van der Waals surface area contributed by atoms with Crippen molar-refractivity contribution in [2.75, 3.05) is 33.7 Å². The first-order chi connectivity index (χ1) is 14.3. The number of carbonyl (C=O) groups excluding carboxylic acids is 1. The van der Waals surface area contributed by atoms with Gasteiger partial charge in [-0.15, -0.1) is 0 Å². The van der Waals surface area contributed by atoms with Gasteiger partial charge in [0.1, 0.15) is 5.82 Å². The highest BCUT2D eigenvalue weighted by Gasteiger charge is 2.32. The number of rotatable bonds is 7. The van der Waals surface area contributed by atoms with Crippen LogP contribution in [0, 0.1) is 11.7 Å². The van der Waals surface area contributed by atoms with Gasteiger partial charge in [-0.25, -0.2) is 12.8 Å². The molecule has 2 aromatic rings. The zero-order chi connectivity index (χ0) is 21.7. The van der Waals surface area contributed by atoms with Crippen molar-refractivity contribution in [1.29, 1.82) is 0 Å². The van der Waals surface area contributed by atoms with Gasteiger partial charge in [0, 0.05) is 25.6 Å². The number of amides is 1. The van der Waals surface area contributed by atoms with E-state index in [1.165, 1.54) is 16.4 Å². The van der Waals surface area contributed by atoms with Crippen LogP contribution in [0.2, 0.25) is 0 Å². The molecule has 1 fully saturated rings. The van der Waals surface area contributed by atoms with E-state index < -0.39 is 10.0 Å². The largest absolute Gasteiger partial charge is 0.354 e. The topological polar surface area (TPSA) is 69.7 Å². The first kappa shape index (κ1) is 22.4. The second-order valence-electron chi connectivity index (χ2n) is 7.77. The summed E-state index contributed by atoms with van der Waals surface area (Å²) in [6, 6.07) is 14.6. The third-order valence-corrected chi connectivity index (χ3v) is 7.45. The lowest BCUT2D eigenvalue weighted by atomic mass is 9.97. The summed E-state index contributed by atoms with van der Waals surface area (Å²) in [7, 11) is 0.238. The van der Waals surface area contributed by atoms with E-state index in [0.29, 0.717) is 32.5 Å². The Morgan fingerprint density at radius 1 is 1.13 bits per heavy atom. The summed E-state index contributed by atoms with van der Waals surface area (Å²) in [5.74, 6) is -0.629. The Balaban J connectivity index is 1.56. The summed E-state index contributed by atoms with van der Waals surface area (Å²) in [5, 5.41) is 2.97. The van der Waals surface area contributed by atoms with Crippen LogP contribution in [0.5, 0.6) is 0 Å². The first-order valence-corrected chi connectivity index (χ1v) is 11.5. The third kappa shape index (κ3) is 5.24. The van der Waals surface area contributed by atoms with Gasteiger partial charge < -0.3 is 10.2 Å². The molecule has 1 aliphatic rings. The lowest BCUT2D eigenvalue weighted by molar-refractivity contribution is -0.126. The van der Waals surface area contributed by atoms with E-state index in [0.717, 1.165) is 5.56 Å². The number of hydrogen-bond donors (Lipinski definition) is 1. The van der Waals surface area contributed by atoms with Crippen LogP contribution < -0.4 is 5.32 Å². The maximum atomic E-state index is 13.6. The minimum absolute atomic E-state index is 0.0880. The molecule has 3 rings (SSSR count). The van der Waals surface area contributed by atoms with Gasteiger partial charge >= 0.3 is 0 Å². The first-order valence-electron chi connectivity index (χ1n) is 10.0. The number of likely N-dealkylation sites (N-methyl/N-ethyl adjacent to an activating group) is 1. The predicted octanol–water partition coefficient (Wildman–Crippen LogP) is 2.65. The fraction of sp³-hybridized carbons (Fsp3) is 0.409. The van der Waals surface area contributed by atoms with Gasteiger partial charge in [0.05, 0.1) is 10.9 Å². The van der Waals surface area contributed by atoms with Crippen molar-refractivity contribution in [3.8, 4) is 0 Å². The zero-order valence-corrected chi connectivity index (χ0v) is 18.1. The normalized spacial score (nSPS) is 17.1. The Hall–Kier alpha value is -2.29. The molecular weight excluding hydrogens is 405 g/mol. The van der Waals surface area contributed by atoms with Crippen LogP contribution in [0.25, 0.3) is 0 Å². The summed E-state index contributed by atoms with van der Waals surface area (Å²) >= 11 is 0. The fourth-order valence-electron chi connectivity index (χ4n) is 3.75. The maximum Gasteiger partial charge on any atom is 0.243 e. The molecule has 0 saturated carbocycles. The number of piperidine rings is 1. The van der Waals surface area contributed by atoms with E-state index in [4.69, 9.17) is 0 Å². The Kier molecular flexibility index (Phi) is 7.23. The number of sulfonamides is 1. The molecule has 0 aliphatic carbocycles. The molecule has 0 aromatic heterocycles. The van der Waals surface area contributed by atoms with Crippen molar-refractivity contribution in [2.24, 2.45) is 5.92 Å². The molecule has 162 valence electrons. The van der Waals surface area contributed by atoms with Crippen LogP contribution in [-0.4, -0.2) is 57.3 Å². The van der Waals surface area contributed by atoms with Crippen LogP contribution in [0.15, 0.2) is 59.5 Å². The minimum Gasteiger partial charge on any atom is -0.354 e. The number of benzene rings is 2. The molecule has 1 saturated heterocycles. The Labute approximate surface area is 177 Å². The number of nitrogens with one attached hydrogen (secondary N) is 1. The van der Waals surface area contributed by atoms with E-state index in [1.807, 2.05) is 25.1 Å². The van der Waals surface area contributed by atoms with Gasteiger partial charge in [-0.05, 0) is 56.8 Å². The summed E-state index contributed by atoms with van der Waals surface area (Å²) < 4.78 is 40.5. The highest BCUT2D eigenvalue weighted by molar-refractivity contribution is 7.89. The Bertz CT molecular complexity index is 959. The van der Waals surface area contributed by atoms with Crippen LogP contribution in [0.3, 0.4) is 0 Å². The van der Waals surface area contributed by atoms with Gasteiger partial charge in [-0.3, -0.25) is 4.79 Å². The van der Waals surface area contributed by atoms with Crippen molar-refractivity contribution in [3.05, 3.63) is 66.0 Å². The van der Waals surface area contributed by atoms with Gasteiger partial charge in [0.2, 0.25) is 15.9 Å². The molecule has 30 heavy (non-hydrogen) atoms. The molecular formula is C22H28FN3O3S. The molecule has 1 N–H and O–H groups in total. The van der Waals surface area contributed by atoms with Crippen LogP contribution >= 0.6 is 0 Å². The number of halogens is 1. The smallest absolute Gasteiger partial charge is 0.243 e. The maximum absolute atomic E-state index is 13.6.